The smallest absolute Gasteiger partial charge is 0.319 e. The molecule has 0 saturated heterocycles. The van der Waals surface area contributed by atoms with Crippen molar-refractivity contribution in [3.8, 4) is 0 Å². The van der Waals surface area contributed by atoms with E-state index in [1.807, 2.05) is 42.5 Å². The Kier molecular flexibility index (Phi) is 3.36. The summed E-state index contributed by atoms with van der Waals surface area (Å²) >= 11 is 6.03. The molecule has 1 saturated carbocycles. The quantitative estimate of drug-likeness (QED) is 0.874. The number of nitrogens with one attached hydrogen (secondary N) is 2. The molecular formula is C16H15ClN2O. The highest BCUT2D eigenvalue weighted by Gasteiger charge is 2.45. The van der Waals surface area contributed by atoms with Gasteiger partial charge in [0, 0.05) is 0 Å². The normalized spacial score (nSPS) is 15.4. The van der Waals surface area contributed by atoms with E-state index in [4.69, 9.17) is 11.6 Å². The minimum atomic E-state index is -0.223. The molecule has 3 rings (SSSR count). The largest absolute Gasteiger partial charge is 0.328 e. The number of hydrogen-bond acceptors (Lipinski definition) is 1. The zero-order valence-corrected chi connectivity index (χ0v) is 11.7. The predicted octanol–water partition coefficient (Wildman–Crippen LogP) is 4.15. The molecule has 0 atom stereocenters. The SMILES string of the molecule is O=C(Nc1ccccc1Cl)NC1(c2ccccc2)CC1. The van der Waals surface area contributed by atoms with Crippen molar-refractivity contribution in [1.29, 1.82) is 0 Å². The van der Waals surface area contributed by atoms with E-state index < -0.39 is 0 Å². The van der Waals surface area contributed by atoms with Crippen LogP contribution in [-0.2, 0) is 5.54 Å². The first-order valence-corrected chi connectivity index (χ1v) is 6.97. The second kappa shape index (κ2) is 5.17. The number of benzene rings is 2. The van der Waals surface area contributed by atoms with E-state index in [1.54, 1.807) is 12.1 Å². The fraction of sp³-hybridized carbons (Fsp3) is 0.188. The third kappa shape index (κ3) is 2.63. The Labute approximate surface area is 123 Å². The highest BCUT2D eigenvalue weighted by molar-refractivity contribution is 6.33. The number of anilines is 1. The van der Waals surface area contributed by atoms with Gasteiger partial charge in [-0.05, 0) is 30.5 Å². The Morgan fingerprint density at radius 2 is 1.65 bits per heavy atom. The Bertz CT molecular complexity index is 623. The molecule has 1 fully saturated rings. The third-order valence-corrected chi connectivity index (χ3v) is 3.88. The van der Waals surface area contributed by atoms with Crippen LogP contribution >= 0.6 is 11.6 Å². The lowest BCUT2D eigenvalue weighted by Gasteiger charge is -2.18. The maximum Gasteiger partial charge on any atom is 0.319 e. The lowest BCUT2D eigenvalue weighted by molar-refractivity contribution is 0.247. The van der Waals surface area contributed by atoms with E-state index in [1.165, 1.54) is 0 Å². The molecule has 0 unspecified atom stereocenters. The summed E-state index contributed by atoms with van der Waals surface area (Å²) in [6.45, 7) is 0. The molecule has 2 aromatic carbocycles. The highest BCUT2D eigenvalue weighted by Crippen LogP contribution is 2.45. The van der Waals surface area contributed by atoms with Crippen molar-refractivity contribution in [2.24, 2.45) is 0 Å². The topological polar surface area (TPSA) is 41.1 Å². The molecular weight excluding hydrogens is 272 g/mol. The Hall–Kier alpha value is -2.00. The van der Waals surface area contributed by atoms with Crippen molar-refractivity contribution in [3.63, 3.8) is 0 Å². The molecule has 1 aliphatic carbocycles. The summed E-state index contributed by atoms with van der Waals surface area (Å²) in [4.78, 5) is 12.1. The molecule has 2 amide bonds. The lowest BCUT2D eigenvalue weighted by Crippen LogP contribution is -2.38. The summed E-state index contributed by atoms with van der Waals surface area (Å²) in [7, 11) is 0. The standard InChI is InChI=1S/C16H15ClN2O/c17-13-8-4-5-9-14(13)18-15(20)19-16(10-11-16)12-6-2-1-3-7-12/h1-9H,10-11H2,(H2,18,19,20). The van der Waals surface area contributed by atoms with Crippen molar-refractivity contribution in [2.75, 3.05) is 5.32 Å². The lowest BCUT2D eigenvalue weighted by atomic mass is 10.1. The van der Waals surface area contributed by atoms with Gasteiger partial charge in [0.2, 0.25) is 0 Å². The maximum atomic E-state index is 12.1. The predicted molar refractivity (Wildman–Crippen MR) is 81.0 cm³/mol. The minimum Gasteiger partial charge on any atom is -0.328 e. The first kappa shape index (κ1) is 13.0. The van der Waals surface area contributed by atoms with Gasteiger partial charge in [-0.1, -0.05) is 54.1 Å². The van der Waals surface area contributed by atoms with Crippen molar-refractivity contribution < 1.29 is 4.79 Å². The van der Waals surface area contributed by atoms with Crippen LogP contribution in [0, 0.1) is 0 Å². The Morgan fingerprint density at radius 3 is 2.30 bits per heavy atom. The second-order valence-electron chi connectivity index (χ2n) is 5.01. The van der Waals surface area contributed by atoms with Crippen LogP contribution in [0.3, 0.4) is 0 Å². The molecule has 0 bridgehead atoms. The van der Waals surface area contributed by atoms with Gasteiger partial charge >= 0.3 is 6.03 Å². The van der Waals surface area contributed by atoms with Gasteiger partial charge in [-0.3, -0.25) is 0 Å². The van der Waals surface area contributed by atoms with Gasteiger partial charge in [0.1, 0.15) is 0 Å². The zero-order valence-electron chi connectivity index (χ0n) is 10.9. The van der Waals surface area contributed by atoms with Crippen molar-refractivity contribution in [2.45, 2.75) is 18.4 Å². The molecule has 2 N–H and O–H groups in total. The van der Waals surface area contributed by atoms with E-state index in [2.05, 4.69) is 10.6 Å². The summed E-state index contributed by atoms with van der Waals surface area (Å²) < 4.78 is 0. The summed E-state index contributed by atoms with van der Waals surface area (Å²) in [5, 5.41) is 6.38. The van der Waals surface area contributed by atoms with Crippen LogP contribution in [-0.4, -0.2) is 6.03 Å². The van der Waals surface area contributed by atoms with Crippen LogP contribution < -0.4 is 10.6 Å². The fourth-order valence-corrected chi connectivity index (χ4v) is 2.48. The van der Waals surface area contributed by atoms with E-state index >= 15 is 0 Å². The summed E-state index contributed by atoms with van der Waals surface area (Å²) in [6, 6.07) is 17.0. The zero-order chi connectivity index (χ0) is 14.0. The molecule has 0 heterocycles. The van der Waals surface area contributed by atoms with Gasteiger partial charge in [0.25, 0.3) is 0 Å². The van der Waals surface area contributed by atoms with Crippen LogP contribution in [0.25, 0.3) is 0 Å². The Morgan fingerprint density at radius 1 is 1.00 bits per heavy atom. The van der Waals surface area contributed by atoms with Crippen LogP contribution in [0.4, 0.5) is 10.5 Å². The monoisotopic (exact) mass is 286 g/mol. The van der Waals surface area contributed by atoms with E-state index in [0.717, 1.165) is 18.4 Å². The van der Waals surface area contributed by atoms with E-state index in [-0.39, 0.29) is 11.6 Å². The number of carbonyl (C=O) groups is 1. The molecule has 0 aromatic heterocycles. The molecule has 20 heavy (non-hydrogen) atoms. The van der Waals surface area contributed by atoms with Crippen molar-refractivity contribution in [3.05, 3.63) is 65.2 Å². The molecule has 4 heteroatoms. The number of hydrogen-bond donors (Lipinski definition) is 2. The van der Waals surface area contributed by atoms with Gasteiger partial charge in [-0.25, -0.2) is 4.79 Å². The molecule has 0 radical (unpaired) electrons. The summed E-state index contributed by atoms with van der Waals surface area (Å²) in [6.07, 6.45) is 1.93. The van der Waals surface area contributed by atoms with E-state index in [0.29, 0.717) is 10.7 Å². The summed E-state index contributed by atoms with van der Waals surface area (Å²) in [5.74, 6) is 0. The van der Waals surface area contributed by atoms with Gasteiger partial charge in [-0.2, -0.15) is 0 Å². The van der Waals surface area contributed by atoms with Gasteiger partial charge in [0.15, 0.2) is 0 Å². The molecule has 3 nitrogen and oxygen atoms in total. The van der Waals surface area contributed by atoms with Crippen LogP contribution in [0.5, 0.6) is 0 Å². The maximum absolute atomic E-state index is 12.1. The van der Waals surface area contributed by atoms with Crippen LogP contribution in [0.15, 0.2) is 54.6 Å². The molecule has 102 valence electrons. The fourth-order valence-electron chi connectivity index (χ4n) is 2.30. The van der Waals surface area contributed by atoms with E-state index in [9.17, 15) is 4.79 Å². The second-order valence-corrected chi connectivity index (χ2v) is 5.41. The first-order chi connectivity index (χ1) is 9.70. The van der Waals surface area contributed by atoms with Gasteiger partial charge in [0.05, 0.1) is 16.2 Å². The molecule has 1 aliphatic rings. The first-order valence-electron chi connectivity index (χ1n) is 6.59. The van der Waals surface area contributed by atoms with Crippen molar-refractivity contribution in [1.82, 2.24) is 5.32 Å². The van der Waals surface area contributed by atoms with Gasteiger partial charge < -0.3 is 10.6 Å². The van der Waals surface area contributed by atoms with Crippen LogP contribution in [0.2, 0.25) is 5.02 Å². The van der Waals surface area contributed by atoms with Crippen molar-refractivity contribution >= 4 is 23.3 Å². The van der Waals surface area contributed by atoms with Crippen LogP contribution in [0.1, 0.15) is 18.4 Å². The average Bonchev–Trinajstić information content (AvgIpc) is 3.23. The summed E-state index contributed by atoms with van der Waals surface area (Å²) in [5.41, 5.74) is 1.55. The minimum absolute atomic E-state index is 0.216. The average molecular weight is 287 g/mol. The third-order valence-electron chi connectivity index (χ3n) is 3.55. The number of para-hydroxylation sites is 1. The van der Waals surface area contributed by atoms with Gasteiger partial charge in [-0.15, -0.1) is 0 Å². The number of urea groups is 1. The molecule has 0 spiro atoms. The molecule has 0 aliphatic heterocycles. The number of amides is 2. The number of rotatable bonds is 3. The number of carbonyl (C=O) groups excluding carboxylic acids is 1. The Balaban J connectivity index is 1.70. The number of halogens is 1. The highest BCUT2D eigenvalue weighted by atomic mass is 35.5. The molecule has 2 aromatic rings.